The lowest BCUT2D eigenvalue weighted by molar-refractivity contribution is -0.126. The minimum absolute atomic E-state index is 0.0779. The van der Waals surface area contributed by atoms with Crippen LogP contribution in [0.15, 0.2) is 103 Å². The van der Waals surface area contributed by atoms with Gasteiger partial charge in [-0.2, -0.15) is 0 Å². The number of halogens is 2. The molecule has 5 rings (SSSR count). The number of benzene rings is 4. The maximum absolute atomic E-state index is 13.5. The lowest BCUT2D eigenvalue weighted by Crippen LogP contribution is -2.59. The van der Waals surface area contributed by atoms with Gasteiger partial charge in [-0.25, -0.2) is 8.78 Å². The molecule has 1 aliphatic rings. The zero-order valence-electron chi connectivity index (χ0n) is 20.1. The molecule has 4 aromatic rings. The third-order valence-corrected chi connectivity index (χ3v) is 6.80. The number of carbonyl (C=O) groups is 1. The molecule has 37 heavy (non-hydrogen) atoms. The van der Waals surface area contributed by atoms with Crippen LogP contribution in [0.3, 0.4) is 0 Å². The minimum Gasteiger partial charge on any atom is -0.489 e. The SMILES string of the molecule is O=C1[C@H](c2ccc(OCc3ccccc3)cc2)[C@H](CC[C@H](O)c2ccc(F)cc2)N1c1ccc(F)cc1. The second-order valence-electron chi connectivity index (χ2n) is 9.22. The van der Waals surface area contributed by atoms with Gasteiger partial charge in [-0.3, -0.25) is 4.79 Å². The summed E-state index contributed by atoms with van der Waals surface area (Å²) in [5, 5.41) is 10.7. The number of hydrogen-bond acceptors (Lipinski definition) is 3. The monoisotopic (exact) mass is 499 g/mol. The number of carbonyl (C=O) groups excluding carboxylic acids is 1. The molecule has 188 valence electrons. The van der Waals surface area contributed by atoms with Crippen molar-refractivity contribution in [3.63, 3.8) is 0 Å². The van der Waals surface area contributed by atoms with Crippen LogP contribution in [0, 0.1) is 11.6 Å². The number of amides is 1. The lowest BCUT2D eigenvalue weighted by atomic mass is 9.78. The molecule has 0 unspecified atom stereocenters. The highest BCUT2D eigenvalue weighted by Gasteiger charge is 2.48. The number of aliphatic hydroxyl groups is 1. The molecule has 0 saturated carbocycles. The molecule has 1 saturated heterocycles. The molecular formula is C31H27F2NO3. The van der Waals surface area contributed by atoms with Crippen LogP contribution in [-0.4, -0.2) is 17.1 Å². The minimum atomic E-state index is -0.791. The molecule has 6 heteroatoms. The third kappa shape index (κ3) is 5.54. The van der Waals surface area contributed by atoms with Crippen molar-refractivity contribution in [3.8, 4) is 5.75 Å². The third-order valence-electron chi connectivity index (χ3n) is 6.80. The molecule has 1 N–H and O–H groups in total. The van der Waals surface area contributed by atoms with E-state index < -0.39 is 12.0 Å². The van der Waals surface area contributed by atoms with E-state index in [4.69, 9.17) is 4.74 Å². The second kappa shape index (κ2) is 10.9. The van der Waals surface area contributed by atoms with Crippen LogP contribution in [0.1, 0.15) is 41.6 Å². The largest absolute Gasteiger partial charge is 0.489 e. The number of ether oxygens (including phenoxy) is 1. The molecule has 0 radical (unpaired) electrons. The average Bonchev–Trinajstić information content (AvgIpc) is 2.92. The summed E-state index contributed by atoms with van der Waals surface area (Å²) in [6.45, 7) is 0.449. The van der Waals surface area contributed by atoms with Gasteiger partial charge in [0.25, 0.3) is 0 Å². The van der Waals surface area contributed by atoms with Gasteiger partial charge in [0.2, 0.25) is 5.91 Å². The van der Waals surface area contributed by atoms with E-state index in [1.54, 1.807) is 29.2 Å². The Bertz CT molecular complexity index is 1330. The highest BCUT2D eigenvalue weighted by atomic mass is 19.1. The quantitative estimate of drug-likeness (QED) is 0.266. The molecular weight excluding hydrogens is 472 g/mol. The summed E-state index contributed by atoms with van der Waals surface area (Å²) in [6.07, 6.45) is 0.107. The highest BCUT2D eigenvalue weighted by Crippen LogP contribution is 2.42. The molecule has 1 aliphatic heterocycles. The Morgan fingerprint density at radius 2 is 1.43 bits per heavy atom. The number of anilines is 1. The van der Waals surface area contributed by atoms with Gasteiger partial charge in [0, 0.05) is 5.69 Å². The van der Waals surface area contributed by atoms with Gasteiger partial charge in [-0.15, -0.1) is 0 Å². The van der Waals surface area contributed by atoms with E-state index in [1.807, 2.05) is 54.6 Å². The van der Waals surface area contributed by atoms with Gasteiger partial charge in [-0.05, 0) is 78.1 Å². The summed E-state index contributed by atoms with van der Waals surface area (Å²) in [4.78, 5) is 15.0. The lowest BCUT2D eigenvalue weighted by Gasteiger charge is -2.48. The van der Waals surface area contributed by atoms with Crippen LogP contribution in [0.2, 0.25) is 0 Å². The van der Waals surface area contributed by atoms with Crippen LogP contribution >= 0.6 is 0 Å². The van der Waals surface area contributed by atoms with Crippen molar-refractivity contribution in [3.05, 3.63) is 131 Å². The number of aliphatic hydroxyl groups excluding tert-OH is 1. The highest BCUT2D eigenvalue weighted by molar-refractivity contribution is 6.06. The summed E-state index contributed by atoms with van der Waals surface area (Å²) in [5.41, 5.74) is 3.16. The predicted octanol–water partition coefficient (Wildman–Crippen LogP) is 6.56. The summed E-state index contributed by atoms with van der Waals surface area (Å²) in [7, 11) is 0. The van der Waals surface area contributed by atoms with E-state index in [0.717, 1.165) is 11.1 Å². The normalized spacial score (nSPS) is 17.8. The number of rotatable bonds is 9. The molecule has 4 nitrogen and oxygen atoms in total. The Kier molecular flexibility index (Phi) is 7.28. The zero-order valence-corrected chi connectivity index (χ0v) is 20.1. The summed E-state index contributed by atoms with van der Waals surface area (Å²) in [6, 6.07) is 28.8. The predicted molar refractivity (Wildman–Crippen MR) is 138 cm³/mol. The van der Waals surface area contributed by atoms with Crippen LogP contribution in [0.25, 0.3) is 0 Å². The topological polar surface area (TPSA) is 49.8 Å². The molecule has 1 heterocycles. The van der Waals surface area contributed by atoms with Crippen molar-refractivity contribution in [1.29, 1.82) is 0 Å². The molecule has 3 atom stereocenters. The van der Waals surface area contributed by atoms with Crippen molar-refractivity contribution >= 4 is 11.6 Å². The van der Waals surface area contributed by atoms with E-state index in [0.29, 0.717) is 36.4 Å². The van der Waals surface area contributed by atoms with E-state index in [-0.39, 0.29) is 23.6 Å². The number of hydrogen-bond donors (Lipinski definition) is 1. The van der Waals surface area contributed by atoms with E-state index in [9.17, 15) is 18.7 Å². The molecule has 0 aromatic heterocycles. The fraction of sp³-hybridized carbons (Fsp3) is 0.194. The Morgan fingerprint density at radius 3 is 2.08 bits per heavy atom. The maximum atomic E-state index is 13.5. The fourth-order valence-corrected chi connectivity index (χ4v) is 4.82. The first-order valence-electron chi connectivity index (χ1n) is 12.3. The molecule has 1 amide bonds. The van der Waals surface area contributed by atoms with E-state index in [2.05, 4.69) is 0 Å². The van der Waals surface area contributed by atoms with E-state index in [1.165, 1.54) is 24.3 Å². The molecule has 0 bridgehead atoms. The van der Waals surface area contributed by atoms with Crippen LogP contribution in [0.4, 0.5) is 14.5 Å². The van der Waals surface area contributed by atoms with Crippen LogP contribution in [-0.2, 0) is 11.4 Å². The standard InChI is InChI=1S/C31H27F2NO3/c32-24-10-6-22(7-11-24)29(35)19-18-28-30(31(36)34(28)26-14-12-25(33)13-15-26)23-8-16-27(17-9-23)37-20-21-4-2-1-3-5-21/h1-17,28-30,35H,18-20H2/t28-,29-,30+/m0/s1. The Balaban J connectivity index is 1.32. The van der Waals surface area contributed by atoms with Gasteiger partial charge in [-0.1, -0.05) is 54.6 Å². The molecule has 0 spiro atoms. The Morgan fingerprint density at radius 1 is 0.811 bits per heavy atom. The maximum Gasteiger partial charge on any atom is 0.236 e. The smallest absolute Gasteiger partial charge is 0.236 e. The van der Waals surface area contributed by atoms with Gasteiger partial charge in [0.05, 0.1) is 18.1 Å². The first-order chi connectivity index (χ1) is 18.0. The van der Waals surface area contributed by atoms with Crippen molar-refractivity contribution in [2.24, 2.45) is 0 Å². The summed E-state index contributed by atoms with van der Waals surface area (Å²) >= 11 is 0. The first-order valence-corrected chi connectivity index (χ1v) is 12.3. The van der Waals surface area contributed by atoms with E-state index >= 15 is 0 Å². The molecule has 0 aliphatic carbocycles. The summed E-state index contributed by atoms with van der Waals surface area (Å²) in [5.74, 6) is -0.501. The van der Waals surface area contributed by atoms with Gasteiger partial charge < -0.3 is 14.7 Å². The van der Waals surface area contributed by atoms with Crippen molar-refractivity contribution < 1.29 is 23.4 Å². The summed E-state index contributed by atoms with van der Waals surface area (Å²) < 4.78 is 32.7. The van der Waals surface area contributed by atoms with Crippen molar-refractivity contribution in [2.75, 3.05) is 4.90 Å². The van der Waals surface area contributed by atoms with Gasteiger partial charge in [0.15, 0.2) is 0 Å². The first kappa shape index (κ1) is 24.7. The zero-order chi connectivity index (χ0) is 25.8. The van der Waals surface area contributed by atoms with Gasteiger partial charge in [0.1, 0.15) is 24.0 Å². The Hall–Kier alpha value is -4.03. The van der Waals surface area contributed by atoms with Gasteiger partial charge >= 0.3 is 0 Å². The molecule has 1 fully saturated rings. The number of β-lactam (4-membered cyclic amide) rings is 1. The van der Waals surface area contributed by atoms with Crippen molar-refractivity contribution in [2.45, 2.75) is 37.5 Å². The second-order valence-corrected chi connectivity index (χ2v) is 9.22. The van der Waals surface area contributed by atoms with Crippen LogP contribution < -0.4 is 9.64 Å². The van der Waals surface area contributed by atoms with Crippen LogP contribution in [0.5, 0.6) is 5.75 Å². The number of nitrogens with zero attached hydrogens (tertiary/aromatic N) is 1. The average molecular weight is 500 g/mol. The van der Waals surface area contributed by atoms with Crippen molar-refractivity contribution in [1.82, 2.24) is 0 Å². The Labute approximate surface area is 214 Å². The fourth-order valence-electron chi connectivity index (χ4n) is 4.82. The molecule has 4 aromatic carbocycles.